The summed E-state index contributed by atoms with van der Waals surface area (Å²) in [6, 6.07) is 7.92. The van der Waals surface area contributed by atoms with Gasteiger partial charge in [0.15, 0.2) is 0 Å². The summed E-state index contributed by atoms with van der Waals surface area (Å²) in [5.41, 5.74) is 1.86. The van der Waals surface area contributed by atoms with Crippen molar-refractivity contribution in [1.82, 2.24) is 10.2 Å². The number of benzene rings is 1. The first kappa shape index (κ1) is 17.3. The Labute approximate surface area is 154 Å². The fourth-order valence-electron chi connectivity index (χ4n) is 4.44. The number of nitrogens with zero attached hydrogens (tertiary/aromatic N) is 2. The number of hydrogen-bond acceptors (Lipinski definition) is 4. The molecule has 1 aromatic carbocycles. The Hall–Kier alpha value is -2.08. The normalized spacial score (nSPS) is 26.2. The van der Waals surface area contributed by atoms with Crippen LogP contribution in [0.2, 0.25) is 0 Å². The van der Waals surface area contributed by atoms with E-state index in [4.69, 9.17) is 5.11 Å². The van der Waals surface area contributed by atoms with Crippen LogP contribution in [0.25, 0.3) is 0 Å². The number of amides is 1. The Bertz CT molecular complexity index is 665. The molecule has 26 heavy (non-hydrogen) atoms. The van der Waals surface area contributed by atoms with Gasteiger partial charge in [-0.2, -0.15) is 0 Å². The SMILES string of the molecule is O=C(O)CN1C[C@H](NC(=O)c2ccc(N3CCCC3)cc2)[C@@H](C2CC2)C1. The molecule has 0 unspecified atom stereocenters. The number of carboxylic acid groups (broad SMARTS) is 1. The van der Waals surface area contributed by atoms with Gasteiger partial charge in [-0.15, -0.1) is 0 Å². The van der Waals surface area contributed by atoms with Crippen molar-refractivity contribution >= 4 is 17.6 Å². The molecule has 2 N–H and O–H groups in total. The largest absolute Gasteiger partial charge is 0.480 e. The number of rotatable bonds is 6. The van der Waals surface area contributed by atoms with Crippen LogP contribution in [-0.4, -0.2) is 60.6 Å². The predicted molar refractivity (Wildman–Crippen MR) is 99.4 cm³/mol. The molecule has 2 aliphatic heterocycles. The first-order valence-electron chi connectivity index (χ1n) is 9.70. The molecule has 2 saturated heterocycles. The first-order chi connectivity index (χ1) is 12.6. The van der Waals surface area contributed by atoms with Crippen LogP contribution in [-0.2, 0) is 4.79 Å². The summed E-state index contributed by atoms with van der Waals surface area (Å²) in [7, 11) is 0. The molecule has 2 heterocycles. The minimum absolute atomic E-state index is 0.0487. The molecule has 2 atom stereocenters. The van der Waals surface area contributed by atoms with Crippen molar-refractivity contribution in [3.05, 3.63) is 29.8 Å². The van der Waals surface area contributed by atoms with Gasteiger partial charge >= 0.3 is 5.97 Å². The minimum atomic E-state index is -0.802. The zero-order valence-electron chi connectivity index (χ0n) is 15.1. The zero-order valence-corrected chi connectivity index (χ0v) is 15.1. The van der Waals surface area contributed by atoms with E-state index in [2.05, 4.69) is 10.2 Å². The summed E-state index contributed by atoms with van der Waals surface area (Å²) in [6.07, 6.45) is 4.86. The average molecular weight is 357 g/mol. The topological polar surface area (TPSA) is 72.9 Å². The van der Waals surface area contributed by atoms with Gasteiger partial charge < -0.3 is 15.3 Å². The second-order valence-electron chi connectivity index (χ2n) is 7.91. The smallest absolute Gasteiger partial charge is 0.317 e. The van der Waals surface area contributed by atoms with Crippen LogP contribution >= 0.6 is 0 Å². The van der Waals surface area contributed by atoms with E-state index in [1.165, 1.54) is 31.4 Å². The molecule has 1 amide bonds. The third-order valence-corrected chi connectivity index (χ3v) is 5.94. The molecule has 6 heteroatoms. The van der Waals surface area contributed by atoms with Gasteiger partial charge in [0.2, 0.25) is 0 Å². The van der Waals surface area contributed by atoms with Gasteiger partial charge in [-0.3, -0.25) is 14.5 Å². The lowest BCUT2D eigenvalue weighted by atomic mass is 9.98. The van der Waals surface area contributed by atoms with Crippen molar-refractivity contribution in [2.24, 2.45) is 11.8 Å². The summed E-state index contributed by atoms with van der Waals surface area (Å²) in [5.74, 6) is 0.161. The van der Waals surface area contributed by atoms with E-state index >= 15 is 0 Å². The van der Waals surface area contributed by atoms with E-state index in [9.17, 15) is 9.59 Å². The Morgan fingerprint density at radius 1 is 1.08 bits per heavy atom. The Kier molecular flexibility index (Phi) is 4.85. The van der Waals surface area contributed by atoms with E-state index < -0.39 is 5.97 Å². The van der Waals surface area contributed by atoms with Gasteiger partial charge in [0.25, 0.3) is 5.91 Å². The lowest BCUT2D eigenvalue weighted by Crippen LogP contribution is -2.41. The van der Waals surface area contributed by atoms with Crippen LogP contribution in [0.1, 0.15) is 36.0 Å². The summed E-state index contributed by atoms with van der Waals surface area (Å²) < 4.78 is 0. The van der Waals surface area contributed by atoms with Crippen LogP contribution < -0.4 is 10.2 Å². The highest BCUT2D eigenvalue weighted by Crippen LogP contribution is 2.41. The van der Waals surface area contributed by atoms with E-state index in [1.807, 2.05) is 29.2 Å². The molecule has 0 spiro atoms. The van der Waals surface area contributed by atoms with Crippen molar-refractivity contribution in [3.8, 4) is 0 Å². The van der Waals surface area contributed by atoms with Gasteiger partial charge in [-0.1, -0.05) is 0 Å². The monoisotopic (exact) mass is 357 g/mol. The predicted octanol–water partition coefficient (Wildman–Crippen LogP) is 1.81. The zero-order chi connectivity index (χ0) is 18.1. The number of aliphatic carboxylic acids is 1. The molecular formula is C20H27N3O3. The Balaban J connectivity index is 1.39. The van der Waals surface area contributed by atoms with Gasteiger partial charge in [-0.05, 0) is 61.8 Å². The maximum atomic E-state index is 12.7. The molecule has 4 rings (SSSR count). The lowest BCUT2D eigenvalue weighted by Gasteiger charge is -2.20. The highest BCUT2D eigenvalue weighted by molar-refractivity contribution is 5.94. The van der Waals surface area contributed by atoms with E-state index in [-0.39, 0.29) is 18.5 Å². The summed E-state index contributed by atoms with van der Waals surface area (Å²) in [5, 5.41) is 12.2. The fourth-order valence-corrected chi connectivity index (χ4v) is 4.44. The quantitative estimate of drug-likeness (QED) is 0.812. The Morgan fingerprint density at radius 3 is 2.38 bits per heavy atom. The highest BCUT2D eigenvalue weighted by atomic mass is 16.4. The van der Waals surface area contributed by atoms with Crippen molar-refractivity contribution in [2.45, 2.75) is 31.7 Å². The molecule has 0 bridgehead atoms. The highest BCUT2D eigenvalue weighted by Gasteiger charge is 2.43. The van der Waals surface area contributed by atoms with Crippen LogP contribution in [0.15, 0.2) is 24.3 Å². The average Bonchev–Trinajstić information content (AvgIpc) is 3.16. The number of carbonyl (C=O) groups is 2. The van der Waals surface area contributed by atoms with Crippen molar-refractivity contribution < 1.29 is 14.7 Å². The summed E-state index contributed by atoms with van der Waals surface area (Å²) in [4.78, 5) is 28.0. The standard InChI is InChI=1S/C20H27N3O3/c24-19(25)13-22-11-17(14-3-4-14)18(12-22)21-20(26)15-5-7-16(8-6-15)23-9-1-2-10-23/h5-8,14,17-18H,1-4,9-13H2,(H,21,26)(H,24,25)/t17-,18+/m1/s1. The summed E-state index contributed by atoms with van der Waals surface area (Å²) in [6.45, 7) is 3.65. The maximum Gasteiger partial charge on any atom is 0.317 e. The molecule has 0 radical (unpaired) electrons. The van der Waals surface area contributed by atoms with Crippen molar-refractivity contribution in [3.63, 3.8) is 0 Å². The minimum Gasteiger partial charge on any atom is -0.480 e. The number of nitrogens with one attached hydrogen (secondary N) is 1. The molecule has 0 aromatic heterocycles. The van der Waals surface area contributed by atoms with E-state index in [0.29, 0.717) is 23.9 Å². The van der Waals surface area contributed by atoms with Gasteiger partial charge in [0, 0.05) is 43.5 Å². The van der Waals surface area contributed by atoms with E-state index in [0.717, 1.165) is 19.6 Å². The number of carboxylic acids is 1. The summed E-state index contributed by atoms with van der Waals surface area (Å²) >= 11 is 0. The maximum absolute atomic E-state index is 12.7. The fraction of sp³-hybridized carbons (Fsp3) is 0.600. The second kappa shape index (κ2) is 7.27. The molecule has 140 valence electrons. The molecule has 3 aliphatic rings. The van der Waals surface area contributed by atoms with Gasteiger partial charge in [0.05, 0.1) is 6.54 Å². The molecular weight excluding hydrogens is 330 g/mol. The number of anilines is 1. The molecule has 6 nitrogen and oxygen atoms in total. The molecule has 1 aliphatic carbocycles. The van der Waals surface area contributed by atoms with Crippen LogP contribution in [0.5, 0.6) is 0 Å². The number of hydrogen-bond donors (Lipinski definition) is 2. The number of carbonyl (C=O) groups excluding carboxylic acids is 1. The third-order valence-electron chi connectivity index (χ3n) is 5.94. The number of likely N-dealkylation sites (tertiary alicyclic amines) is 1. The second-order valence-corrected chi connectivity index (χ2v) is 7.91. The molecule has 1 aromatic rings. The first-order valence-corrected chi connectivity index (χ1v) is 9.70. The van der Waals surface area contributed by atoms with Crippen molar-refractivity contribution in [2.75, 3.05) is 37.6 Å². The van der Waals surface area contributed by atoms with Crippen LogP contribution in [0.3, 0.4) is 0 Å². The van der Waals surface area contributed by atoms with E-state index in [1.54, 1.807) is 0 Å². The molecule has 3 fully saturated rings. The van der Waals surface area contributed by atoms with Gasteiger partial charge in [-0.25, -0.2) is 0 Å². The Morgan fingerprint density at radius 2 is 1.77 bits per heavy atom. The third kappa shape index (κ3) is 3.85. The van der Waals surface area contributed by atoms with Crippen LogP contribution in [0.4, 0.5) is 5.69 Å². The van der Waals surface area contributed by atoms with Gasteiger partial charge in [0.1, 0.15) is 0 Å². The van der Waals surface area contributed by atoms with Crippen LogP contribution in [0, 0.1) is 11.8 Å². The molecule has 1 saturated carbocycles. The lowest BCUT2D eigenvalue weighted by molar-refractivity contribution is -0.138. The van der Waals surface area contributed by atoms with Crippen molar-refractivity contribution in [1.29, 1.82) is 0 Å².